The minimum atomic E-state index is -4.71. The van der Waals surface area contributed by atoms with Crippen LogP contribution >= 0.6 is 11.6 Å². The maximum atomic E-state index is 13.5. The quantitative estimate of drug-likeness (QED) is 0.517. The minimum Gasteiger partial charge on any atom is -0.398 e. The summed E-state index contributed by atoms with van der Waals surface area (Å²) in [6.45, 7) is 3.96. The Morgan fingerprint density at radius 1 is 1.23 bits per heavy atom. The zero-order valence-corrected chi connectivity index (χ0v) is 17.3. The number of hydrogen-bond acceptors (Lipinski definition) is 3. The molecule has 1 saturated heterocycles. The fourth-order valence-electron chi connectivity index (χ4n) is 3.68. The second kappa shape index (κ2) is 8.34. The lowest BCUT2D eigenvalue weighted by molar-refractivity contribution is -0.138. The van der Waals surface area contributed by atoms with Crippen LogP contribution in [0.5, 0.6) is 0 Å². The Labute approximate surface area is 177 Å². The highest BCUT2D eigenvalue weighted by Crippen LogP contribution is 2.36. The molecular formula is C21H22ClF4N3O. The molecule has 1 amide bonds. The van der Waals surface area contributed by atoms with Gasteiger partial charge in [0.15, 0.2) is 0 Å². The van der Waals surface area contributed by atoms with Gasteiger partial charge in [-0.1, -0.05) is 17.7 Å². The maximum Gasteiger partial charge on any atom is 0.416 e. The molecule has 30 heavy (non-hydrogen) atoms. The van der Waals surface area contributed by atoms with E-state index >= 15 is 0 Å². The molecule has 0 aromatic heterocycles. The number of likely N-dealkylation sites (tertiary alicyclic amines) is 1. The van der Waals surface area contributed by atoms with E-state index < -0.39 is 17.6 Å². The maximum absolute atomic E-state index is 13.5. The lowest BCUT2D eigenvalue weighted by Gasteiger charge is -2.32. The second-order valence-corrected chi connectivity index (χ2v) is 8.04. The smallest absolute Gasteiger partial charge is 0.398 e. The summed E-state index contributed by atoms with van der Waals surface area (Å²) in [5, 5.41) is 0.262. The Hall–Kier alpha value is -2.48. The Morgan fingerprint density at radius 2 is 1.93 bits per heavy atom. The molecule has 162 valence electrons. The van der Waals surface area contributed by atoms with E-state index in [2.05, 4.69) is 0 Å². The summed E-state index contributed by atoms with van der Waals surface area (Å²) in [5.74, 6) is -1.04. The highest BCUT2D eigenvalue weighted by atomic mass is 35.5. The lowest BCUT2D eigenvalue weighted by Crippen LogP contribution is -2.39. The van der Waals surface area contributed by atoms with Crippen LogP contribution in [0.15, 0.2) is 36.4 Å². The molecule has 0 unspecified atom stereocenters. The van der Waals surface area contributed by atoms with Crippen molar-refractivity contribution < 1.29 is 22.4 Å². The number of carbonyl (C=O) groups is 1. The van der Waals surface area contributed by atoms with Crippen molar-refractivity contribution in [3.05, 3.63) is 58.4 Å². The van der Waals surface area contributed by atoms with Crippen molar-refractivity contribution in [2.75, 3.05) is 17.2 Å². The molecule has 1 aliphatic rings. The van der Waals surface area contributed by atoms with Crippen LogP contribution < -0.4 is 10.6 Å². The van der Waals surface area contributed by atoms with E-state index in [0.29, 0.717) is 24.0 Å². The van der Waals surface area contributed by atoms with Gasteiger partial charge in [-0.25, -0.2) is 4.39 Å². The second-order valence-electron chi connectivity index (χ2n) is 7.63. The molecule has 0 spiro atoms. The largest absolute Gasteiger partial charge is 0.416 e. The van der Waals surface area contributed by atoms with Crippen molar-refractivity contribution in [1.82, 2.24) is 4.90 Å². The van der Waals surface area contributed by atoms with Gasteiger partial charge in [0.2, 0.25) is 5.91 Å². The zero-order chi connectivity index (χ0) is 22.2. The van der Waals surface area contributed by atoms with E-state index in [4.69, 9.17) is 17.3 Å². The number of halogens is 5. The van der Waals surface area contributed by atoms with Gasteiger partial charge >= 0.3 is 6.18 Å². The topological polar surface area (TPSA) is 49.6 Å². The highest BCUT2D eigenvalue weighted by molar-refractivity contribution is 6.33. The molecule has 0 radical (unpaired) electrons. The van der Waals surface area contributed by atoms with Crippen molar-refractivity contribution in [2.24, 2.45) is 0 Å². The standard InChI is InChI=1S/C21H22ClF4N3O/c1-12(2)28-11-16(9-20(28)30)29(15-5-6-19(27)18(22)8-15)10-13-3-4-14(23)7-17(13)21(24,25)26/h3-8,12,16H,9-11,27H2,1-2H3/t16-/m0/s1. The molecule has 0 bridgehead atoms. The van der Waals surface area contributed by atoms with Crippen LogP contribution in [0.2, 0.25) is 5.02 Å². The van der Waals surface area contributed by atoms with Gasteiger partial charge in [-0.15, -0.1) is 0 Å². The van der Waals surface area contributed by atoms with Crippen molar-refractivity contribution in [1.29, 1.82) is 0 Å². The van der Waals surface area contributed by atoms with Crippen molar-refractivity contribution in [3.63, 3.8) is 0 Å². The molecule has 2 N–H and O–H groups in total. The van der Waals surface area contributed by atoms with Gasteiger partial charge in [-0.2, -0.15) is 13.2 Å². The lowest BCUT2D eigenvalue weighted by atomic mass is 10.0. The van der Waals surface area contributed by atoms with Gasteiger partial charge in [0, 0.05) is 31.2 Å². The van der Waals surface area contributed by atoms with Crippen LogP contribution in [0.1, 0.15) is 31.4 Å². The predicted molar refractivity (Wildman–Crippen MR) is 109 cm³/mol. The van der Waals surface area contributed by atoms with Gasteiger partial charge in [0.05, 0.1) is 22.3 Å². The van der Waals surface area contributed by atoms with Crippen LogP contribution in [-0.4, -0.2) is 29.4 Å². The number of amides is 1. The number of hydrogen-bond donors (Lipinski definition) is 1. The molecule has 2 aromatic rings. The van der Waals surface area contributed by atoms with E-state index in [9.17, 15) is 22.4 Å². The zero-order valence-electron chi connectivity index (χ0n) is 16.5. The number of benzene rings is 2. The number of nitrogen functional groups attached to an aromatic ring is 1. The summed E-state index contributed by atoms with van der Waals surface area (Å²) < 4.78 is 54.1. The summed E-state index contributed by atoms with van der Waals surface area (Å²) >= 11 is 6.14. The van der Waals surface area contributed by atoms with Crippen LogP contribution in [0.3, 0.4) is 0 Å². The fraction of sp³-hybridized carbons (Fsp3) is 0.381. The van der Waals surface area contributed by atoms with E-state index in [0.717, 1.165) is 12.1 Å². The van der Waals surface area contributed by atoms with Crippen LogP contribution in [0.25, 0.3) is 0 Å². The molecule has 0 saturated carbocycles. The van der Waals surface area contributed by atoms with Crippen molar-refractivity contribution >= 4 is 28.9 Å². The van der Waals surface area contributed by atoms with Crippen molar-refractivity contribution in [3.8, 4) is 0 Å². The first kappa shape index (κ1) is 22.2. The molecule has 2 aromatic carbocycles. The van der Waals surface area contributed by atoms with Gasteiger partial charge in [-0.05, 0) is 49.7 Å². The summed E-state index contributed by atoms with van der Waals surface area (Å²) in [6, 6.07) is 7.00. The molecule has 9 heteroatoms. The number of alkyl halides is 3. The van der Waals surface area contributed by atoms with E-state index in [1.54, 1.807) is 28.0 Å². The van der Waals surface area contributed by atoms with Crippen LogP contribution in [0, 0.1) is 5.82 Å². The molecular weight excluding hydrogens is 422 g/mol. The number of nitrogens with two attached hydrogens (primary N) is 1. The molecule has 1 heterocycles. The molecule has 1 atom stereocenters. The number of anilines is 2. The normalized spacial score (nSPS) is 17.1. The monoisotopic (exact) mass is 443 g/mol. The Bertz CT molecular complexity index is 948. The third-order valence-electron chi connectivity index (χ3n) is 5.24. The fourth-order valence-corrected chi connectivity index (χ4v) is 3.85. The van der Waals surface area contributed by atoms with Gasteiger partial charge in [-0.3, -0.25) is 4.79 Å². The van der Waals surface area contributed by atoms with Crippen LogP contribution in [0.4, 0.5) is 28.9 Å². The molecule has 4 nitrogen and oxygen atoms in total. The van der Waals surface area contributed by atoms with Crippen LogP contribution in [-0.2, 0) is 17.5 Å². The number of carbonyl (C=O) groups excluding carboxylic acids is 1. The Kier molecular flexibility index (Phi) is 6.17. The average Bonchev–Trinajstić information content (AvgIpc) is 3.04. The molecule has 0 aliphatic carbocycles. The average molecular weight is 444 g/mol. The van der Waals surface area contributed by atoms with E-state index in [-0.39, 0.29) is 41.5 Å². The van der Waals surface area contributed by atoms with Gasteiger partial charge < -0.3 is 15.5 Å². The Morgan fingerprint density at radius 3 is 2.50 bits per heavy atom. The minimum absolute atomic E-state index is 0.0316. The first-order valence-corrected chi connectivity index (χ1v) is 9.82. The molecule has 1 aliphatic heterocycles. The molecule has 3 rings (SSSR count). The number of rotatable bonds is 5. The van der Waals surface area contributed by atoms with Gasteiger partial charge in [0.1, 0.15) is 5.82 Å². The van der Waals surface area contributed by atoms with Crippen molar-refractivity contribution in [2.45, 2.75) is 45.1 Å². The summed E-state index contributed by atoms with van der Waals surface area (Å²) in [7, 11) is 0. The SMILES string of the molecule is CC(C)N1C[C@@H](N(Cc2ccc(F)cc2C(F)(F)F)c2ccc(N)c(Cl)c2)CC1=O. The predicted octanol–water partition coefficient (Wildman–Crippen LogP) is 5.10. The molecule has 1 fully saturated rings. The Balaban J connectivity index is 2.03. The summed E-state index contributed by atoms with van der Waals surface area (Å²) in [5.41, 5.74) is 5.51. The first-order valence-electron chi connectivity index (χ1n) is 9.44. The third-order valence-corrected chi connectivity index (χ3v) is 5.56. The van der Waals surface area contributed by atoms with Gasteiger partial charge in [0.25, 0.3) is 0 Å². The summed E-state index contributed by atoms with van der Waals surface area (Å²) in [4.78, 5) is 15.8. The van der Waals surface area contributed by atoms with E-state index in [1.807, 2.05) is 13.8 Å². The first-order chi connectivity index (χ1) is 14.0. The number of nitrogens with zero attached hydrogens (tertiary/aromatic N) is 2. The third kappa shape index (κ3) is 4.64. The summed E-state index contributed by atoms with van der Waals surface area (Å²) in [6.07, 6.45) is -4.56. The van der Waals surface area contributed by atoms with E-state index in [1.165, 1.54) is 0 Å². The highest BCUT2D eigenvalue weighted by Gasteiger charge is 2.38.